The van der Waals surface area contributed by atoms with Crippen molar-refractivity contribution >= 4 is 22.8 Å². The van der Waals surface area contributed by atoms with Crippen LogP contribution < -0.4 is 0 Å². The average Bonchev–Trinajstić information content (AvgIpc) is 2.87. The highest BCUT2D eigenvalue weighted by molar-refractivity contribution is 6.04. The first kappa shape index (κ1) is 15.0. The molecule has 4 N–H and O–H groups in total. The van der Waals surface area contributed by atoms with E-state index in [0.717, 1.165) is 0 Å². The van der Waals surface area contributed by atoms with Crippen LogP contribution in [0.4, 0.5) is 0 Å². The molecular formula is C14H15NO6. The summed E-state index contributed by atoms with van der Waals surface area (Å²) < 4.78 is 4.65. The Kier molecular flexibility index (Phi) is 4.25. The van der Waals surface area contributed by atoms with E-state index >= 15 is 0 Å². The molecule has 0 bridgehead atoms. The van der Waals surface area contributed by atoms with Crippen molar-refractivity contribution in [1.82, 2.24) is 4.98 Å². The van der Waals surface area contributed by atoms with Gasteiger partial charge in [0.05, 0.1) is 25.2 Å². The lowest BCUT2D eigenvalue weighted by molar-refractivity contribution is -0.141. The van der Waals surface area contributed by atoms with Gasteiger partial charge < -0.3 is 25.0 Å². The number of aliphatic hydroxyl groups excluding tert-OH is 2. The number of methoxy groups -OCH3 is 1. The van der Waals surface area contributed by atoms with E-state index in [1.807, 2.05) is 0 Å². The highest BCUT2D eigenvalue weighted by atomic mass is 16.5. The number of aromatic nitrogens is 1. The Hall–Kier alpha value is -2.38. The lowest BCUT2D eigenvalue weighted by Gasteiger charge is -2.16. The van der Waals surface area contributed by atoms with Crippen molar-refractivity contribution in [3.05, 3.63) is 35.5 Å². The van der Waals surface area contributed by atoms with Crippen LogP contribution in [0.5, 0.6) is 0 Å². The smallest absolute Gasteiger partial charge is 0.340 e. The van der Waals surface area contributed by atoms with Gasteiger partial charge in [0.2, 0.25) is 0 Å². The molecule has 112 valence electrons. The molecule has 0 fully saturated rings. The Balaban J connectivity index is 2.37. The number of aliphatic hydroxyl groups is 2. The number of carbonyl (C=O) groups excluding carboxylic acids is 1. The fourth-order valence-electron chi connectivity index (χ4n) is 2.11. The van der Waals surface area contributed by atoms with Crippen LogP contribution in [-0.2, 0) is 9.53 Å². The zero-order chi connectivity index (χ0) is 15.6. The summed E-state index contributed by atoms with van der Waals surface area (Å²) in [6.07, 6.45) is -1.87. The van der Waals surface area contributed by atoms with Crippen LogP contribution in [0.3, 0.4) is 0 Å². The van der Waals surface area contributed by atoms with Crippen molar-refractivity contribution in [3.63, 3.8) is 0 Å². The minimum Gasteiger partial charge on any atom is -0.481 e. The van der Waals surface area contributed by atoms with E-state index in [2.05, 4.69) is 9.72 Å². The van der Waals surface area contributed by atoms with E-state index in [1.54, 1.807) is 12.1 Å². The summed E-state index contributed by atoms with van der Waals surface area (Å²) in [4.78, 5) is 25.1. The standard InChI is InChI=1S/C14H15NO6/c1-21-14(20)9-6-15-10-3-2-7(4-8(9)10)13(19)11(16)5-12(17)18/h2-4,6,11,13,15-16,19H,5H2,1H3,(H,17,18). The largest absolute Gasteiger partial charge is 0.481 e. The van der Waals surface area contributed by atoms with Crippen molar-refractivity contribution in [1.29, 1.82) is 0 Å². The Labute approximate surface area is 119 Å². The zero-order valence-electron chi connectivity index (χ0n) is 11.2. The molecule has 0 spiro atoms. The fraction of sp³-hybridized carbons (Fsp3) is 0.286. The second kappa shape index (κ2) is 5.94. The number of H-pyrrole nitrogens is 1. The SMILES string of the molecule is COC(=O)c1c[nH]c2ccc(C(O)C(O)CC(=O)O)cc12. The van der Waals surface area contributed by atoms with Gasteiger partial charge in [-0.25, -0.2) is 4.79 Å². The van der Waals surface area contributed by atoms with Crippen molar-refractivity contribution in [3.8, 4) is 0 Å². The number of carboxylic acids is 1. The molecule has 7 heteroatoms. The minimum absolute atomic E-state index is 0.300. The third-order valence-electron chi connectivity index (χ3n) is 3.20. The number of fused-ring (bicyclic) bond motifs is 1. The van der Waals surface area contributed by atoms with Crippen LogP contribution in [0, 0.1) is 0 Å². The zero-order valence-corrected chi connectivity index (χ0v) is 11.2. The number of aromatic amines is 1. The van der Waals surface area contributed by atoms with Gasteiger partial charge in [-0.1, -0.05) is 6.07 Å². The van der Waals surface area contributed by atoms with Gasteiger partial charge in [-0.05, 0) is 17.7 Å². The van der Waals surface area contributed by atoms with Crippen molar-refractivity contribution in [2.45, 2.75) is 18.6 Å². The van der Waals surface area contributed by atoms with Gasteiger partial charge in [0.15, 0.2) is 0 Å². The molecule has 0 saturated carbocycles. The number of hydrogen-bond donors (Lipinski definition) is 4. The van der Waals surface area contributed by atoms with Crippen LogP contribution in [0.15, 0.2) is 24.4 Å². The number of esters is 1. The van der Waals surface area contributed by atoms with Crippen LogP contribution in [0.2, 0.25) is 0 Å². The Morgan fingerprint density at radius 3 is 2.67 bits per heavy atom. The van der Waals surface area contributed by atoms with Gasteiger partial charge in [-0.2, -0.15) is 0 Å². The molecule has 1 aromatic heterocycles. The summed E-state index contributed by atoms with van der Waals surface area (Å²) >= 11 is 0. The summed E-state index contributed by atoms with van der Waals surface area (Å²) in [6.45, 7) is 0. The lowest BCUT2D eigenvalue weighted by atomic mass is 10.00. The molecule has 1 aromatic carbocycles. The van der Waals surface area contributed by atoms with Gasteiger partial charge in [-0.3, -0.25) is 4.79 Å². The number of aliphatic carboxylic acids is 1. The third-order valence-corrected chi connectivity index (χ3v) is 3.20. The lowest BCUT2D eigenvalue weighted by Crippen LogP contribution is -2.21. The van der Waals surface area contributed by atoms with E-state index < -0.39 is 30.6 Å². The molecule has 21 heavy (non-hydrogen) atoms. The van der Waals surface area contributed by atoms with E-state index in [-0.39, 0.29) is 0 Å². The first-order valence-corrected chi connectivity index (χ1v) is 6.21. The molecule has 0 radical (unpaired) electrons. The predicted molar refractivity (Wildman–Crippen MR) is 72.9 cm³/mol. The van der Waals surface area contributed by atoms with E-state index in [9.17, 15) is 19.8 Å². The van der Waals surface area contributed by atoms with Gasteiger partial charge in [0.1, 0.15) is 6.10 Å². The first-order chi connectivity index (χ1) is 9.93. The number of hydrogen-bond acceptors (Lipinski definition) is 5. The minimum atomic E-state index is -1.43. The molecule has 0 aliphatic rings. The second-order valence-electron chi connectivity index (χ2n) is 4.61. The Morgan fingerprint density at radius 2 is 2.05 bits per heavy atom. The molecule has 0 amide bonds. The average molecular weight is 293 g/mol. The summed E-state index contributed by atoms with van der Waals surface area (Å²) in [5.41, 5.74) is 1.29. The predicted octanol–water partition coefficient (Wildman–Crippen LogP) is 0.823. The molecule has 2 atom stereocenters. The van der Waals surface area contributed by atoms with Crippen LogP contribution in [0.25, 0.3) is 10.9 Å². The molecule has 2 aromatic rings. The van der Waals surface area contributed by atoms with E-state index in [1.165, 1.54) is 19.4 Å². The van der Waals surface area contributed by atoms with Gasteiger partial charge in [-0.15, -0.1) is 0 Å². The van der Waals surface area contributed by atoms with Crippen LogP contribution in [-0.4, -0.2) is 45.5 Å². The van der Waals surface area contributed by atoms with Crippen molar-refractivity contribution in [2.75, 3.05) is 7.11 Å². The number of carboxylic acid groups (broad SMARTS) is 1. The molecule has 1 heterocycles. The monoisotopic (exact) mass is 293 g/mol. The Morgan fingerprint density at radius 1 is 1.33 bits per heavy atom. The van der Waals surface area contributed by atoms with Gasteiger partial charge in [0, 0.05) is 17.1 Å². The second-order valence-corrected chi connectivity index (χ2v) is 4.61. The number of nitrogens with one attached hydrogen (secondary N) is 1. The van der Waals surface area contributed by atoms with Crippen molar-refractivity contribution < 1.29 is 29.6 Å². The number of benzene rings is 1. The normalized spacial score (nSPS) is 13.9. The van der Waals surface area contributed by atoms with Gasteiger partial charge in [0.25, 0.3) is 0 Å². The molecule has 0 saturated heterocycles. The van der Waals surface area contributed by atoms with Crippen molar-refractivity contribution in [2.24, 2.45) is 0 Å². The molecular weight excluding hydrogens is 278 g/mol. The third kappa shape index (κ3) is 3.04. The maximum Gasteiger partial charge on any atom is 0.340 e. The highest BCUT2D eigenvalue weighted by Gasteiger charge is 2.22. The van der Waals surface area contributed by atoms with Crippen LogP contribution >= 0.6 is 0 Å². The number of rotatable bonds is 5. The summed E-state index contributed by atoms with van der Waals surface area (Å²) in [5, 5.41) is 28.8. The molecule has 2 rings (SSSR count). The summed E-state index contributed by atoms with van der Waals surface area (Å²) in [6, 6.07) is 4.71. The van der Waals surface area contributed by atoms with E-state index in [4.69, 9.17) is 5.11 Å². The van der Waals surface area contributed by atoms with E-state index in [0.29, 0.717) is 22.0 Å². The molecule has 7 nitrogen and oxygen atoms in total. The summed E-state index contributed by atoms with van der Waals surface area (Å²) in [5.74, 6) is -1.74. The molecule has 0 aliphatic carbocycles. The molecule has 0 aliphatic heterocycles. The maximum atomic E-state index is 11.6. The Bertz CT molecular complexity index is 677. The van der Waals surface area contributed by atoms with Crippen LogP contribution in [0.1, 0.15) is 28.4 Å². The quantitative estimate of drug-likeness (QED) is 0.606. The van der Waals surface area contributed by atoms with Gasteiger partial charge >= 0.3 is 11.9 Å². The topological polar surface area (TPSA) is 120 Å². The number of carbonyl (C=O) groups is 2. The number of ether oxygens (including phenoxy) is 1. The highest BCUT2D eigenvalue weighted by Crippen LogP contribution is 2.26. The first-order valence-electron chi connectivity index (χ1n) is 6.21. The fourth-order valence-corrected chi connectivity index (χ4v) is 2.11. The summed E-state index contributed by atoms with van der Waals surface area (Å²) in [7, 11) is 1.26. The molecule has 2 unspecified atom stereocenters. The maximum absolute atomic E-state index is 11.6.